The zero-order valence-corrected chi connectivity index (χ0v) is 22.9. The first-order valence-corrected chi connectivity index (χ1v) is 14.0. The van der Waals surface area contributed by atoms with Gasteiger partial charge in [0.15, 0.2) is 5.78 Å². The molecule has 0 bridgehead atoms. The van der Waals surface area contributed by atoms with Gasteiger partial charge in [-0.05, 0) is 43.5 Å². The molecule has 0 radical (unpaired) electrons. The van der Waals surface area contributed by atoms with E-state index in [1.165, 1.54) is 11.3 Å². The molecule has 1 saturated heterocycles. The Hall–Kier alpha value is -3.57. The molecule has 4 rings (SSSR count). The van der Waals surface area contributed by atoms with Gasteiger partial charge in [0.2, 0.25) is 0 Å². The van der Waals surface area contributed by atoms with E-state index in [1.807, 2.05) is 54.6 Å². The summed E-state index contributed by atoms with van der Waals surface area (Å²) in [7, 11) is 0. The van der Waals surface area contributed by atoms with Crippen molar-refractivity contribution in [3.05, 3.63) is 76.5 Å². The first-order valence-electron chi connectivity index (χ1n) is 13.2. The second kappa shape index (κ2) is 14.0. The van der Waals surface area contributed by atoms with E-state index in [0.29, 0.717) is 22.8 Å². The van der Waals surface area contributed by atoms with Gasteiger partial charge in [0.05, 0.1) is 22.0 Å². The molecule has 1 aliphatic heterocycles. The highest BCUT2D eigenvalue weighted by molar-refractivity contribution is 7.16. The predicted octanol–water partition coefficient (Wildman–Crippen LogP) is 4.24. The van der Waals surface area contributed by atoms with E-state index in [-0.39, 0.29) is 24.3 Å². The fourth-order valence-electron chi connectivity index (χ4n) is 4.42. The number of benzene rings is 2. The van der Waals surface area contributed by atoms with Crippen molar-refractivity contribution in [2.75, 3.05) is 44.6 Å². The number of carbonyl (C=O) groups excluding carboxylic acids is 3. The zero-order chi connectivity index (χ0) is 27.6. The molecule has 1 fully saturated rings. The summed E-state index contributed by atoms with van der Waals surface area (Å²) in [6.07, 6.45) is 0.945. The number of ketones is 1. The lowest BCUT2D eigenvalue weighted by atomic mass is 10.0. The van der Waals surface area contributed by atoms with E-state index >= 15 is 0 Å². The second-order valence-electron chi connectivity index (χ2n) is 9.34. The van der Waals surface area contributed by atoms with E-state index in [1.54, 1.807) is 19.1 Å². The van der Waals surface area contributed by atoms with Gasteiger partial charge in [0, 0.05) is 38.3 Å². The Morgan fingerprint density at radius 2 is 1.69 bits per heavy atom. The number of hydrogen-bond donors (Lipinski definition) is 3. The second-order valence-corrected chi connectivity index (χ2v) is 10.4. The number of thiophene rings is 1. The number of piperidine rings is 1. The van der Waals surface area contributed by atoms with Gasteiger partial charge >= 0.3 is 6.09 Å². The molecule has 1 aromatic heterocycles. The molecule has 3 aromatic rings. The summed E-state index contributed by atoms with van der Waals surface area (Å²) in [4.78, 5) is 40.5. The normalized spacial score (nSPS) is 14.1. The van der Waals surface area contributed by atoms with E-state index < -0.39 is 6.09 Å². The van der Waals surface area contributed by atoms with Gasteiger partial charge in [0.1, 0.15) is 6.10 Å². The molecule has 0 spiro atoms. The lowest BCUT2D eigenvalue weighted by molar-refractivity contribution is 0.0593. The third-order valence-corrected chi connectivity index (χ3v) is 7.75. The lowest BCUT2D eigenvalue weighted by Crippen LogP contribution is -2.41. The molecule has 0 aliphatic carbocycles. The summed E-state index contributed by atoms with van der Waals surface area (Å²) >= 11 is 1.17. The largest absolute Gasteiger partial charge is 0.446 e. The van der Waals surface area contributed by atoms with E-state index in [4.69, 9.17) is 10.6 Å². The molecule has 39 heavy (non-hydrogen) atoms. The fourth-order valence-corrected chi connectivity index (χ4v) is 5.32. The minimum Gasteiger partial charge on any atom is -0.446 e. The van der Waals surface area contributed by atoms with Gasteiger partial charge in [0.25, 0.3) is 5.91 Å². The van der Waals surface area contributed by atoms with Crippen molar-refractivity contribution in [2.24, 2.45) is 5.84 Å². The molecule has 9 nitrogen and oxygen atoms in total. The first-order chi connectivity index (χ1) is 18.9. The number of carbonyl (C=O) groups is 3. The van der Waals surface area contributed by atoms with Crippen molar-refractivity contribution < 1.29 is 19.1 Å². The van der Waals surface area contributed by atoms with Crippen molar-refractivity contribution in [3.8, 4) is 11.1 Å². The number of nitrogens with one attached hydrogen (secondary N) is 2. The predicted molar refractivity (Wildman–Crippen MR) is 154 cm³/mol. The quantitative estimate of drug-likeness (QED) is 0.108. The average Bonchev–Trinajstić information content (AvgIpc) is 3.46. The number of hydrogen-bond acceptors (Lipinski definition) is 8. The Morgan fingerprint density at radius 1 is 1.00 bits per heavy atom. The average molecular weight is 550 g/mol. The molecular formula is C29H35N5O4S. The number of amides is 2. The van der Waals surface area contributed by atoms with Crippen molar-refractivity contribution >= 4 is 34.8 Å². The van der Waals surface area contributed by atoms with Crippen molar-refractivity contribution in [2.45, 2.75) is 25.9 Å². The number of ether oxygens (including phenoxy) is 1. The van der Waals surface area contributed by atoms with Gasteiger partial charge in [-0.1, -0.05) is 48.5 Å². The maximum absolute atomic E-state index is 12.6. The minimum absolute atomic E-state index is 0.0499. The van der Waals surface area contributed by atoms with Crippen LogP contribution in [0, 0.1) is 0 Å². The zero-order valence-electron chi connectivity index (χ0n) is 22.1. The number of rotatable bonds is 11. The lowest BCUT2D eigenvalue weighted by Gasteiger charge is -2.31. The maximum atomic E-state index is 12.6. The van der Waals surface area contributed by atoms with Crippen LogP contribution in [-0.4, -0.2) is 73.1 Å². The molecule has 0 unspecified atom stereocenters. The van der Waals surface area contributed by atoms with Crippen LogP contribution < -0.4 is 16.5 Å². The van der Waals surface area contributed by atoms with Crippen molar-refractivity contribution in [1.29, 1.82) is 0 Å². The molecule has 0 saturated carbocycles. The highest BCUT2D eigenvalue weighted by Gasteiger charge is 2.23. The molecule has 4 N–H and O–H groups in total. The van der Waals surface area contributed by atoms with Crippen molar-refractivity contribution in [1.82, 2.24) is 15.2 Å². The van der Waals surface area contributed by atoms with Gasteiger partial charge in [-0.15, -0.1) is 11.3 Å². The Kier molecular flexibility index (Phi) is 10.2. The summed E-state index contributed by atoms with van der Waals surface area (Å²) in [5.41, 5.74) is 2.70. The third kappa shape index (κ3) is 7.96. The number of nitrogens with zero attached hydrogens (tertiary/aromatic N) is 2. The molecule has 206 valence electrons. The molecule has 0 atom stereocenters. The van der Waals surface area contributed by atoms with Gasteiger partial charge < -0.3 is 15.0 Å². The minimum atomic E-state index is -0.440. The van der Waals surface area contributed by atoms with Crippen LogP contribution in [-0.2, 0) is 4.74 Å². The van der Waals surface area contributed by atoms with Gasteiger partial charge in [-0.3, -0.25) is 19.9 Å². The van der Waals surface area contributed by atoms with Crippen LogP contribution in [0.4, 0.5) is 10.5 Å². The van der Waals surface area contributed by atoms with Gasteiger partial charge in [-0.2, -0.15) is 0 Å². The van der Waals surface area contributed by atoms with E-state index in [2.05, 4.69) is 15.5 Å². The van der Waals surface area contributed by atoms with E-state index in [9.17, 15) is 14.4 Å². The van der Waals surface area contributed by atoms with Crippen LogP contribution >= 0.6 is 11.3 Å². The Balaban J connectivity index is 1.14. The first kappa shape index (κ1) is 28.4. The number of Topliss-reactive ketones (excluding diaryl/α,β-unsaturated/α-hetero) is 1. The van der Waals surface area contributed by atoms with Crippen LogP contribution in [0.5, 0.6) is 0 Å². The molecule has 10 heteroatoms. The third-order valence-electron chi connectivity index (χ3n) is 6.64. The Bertz CT molecular complexity index is 1260. The molecule has 1 aliphatic rings. The summed E-state index contributed by atoms with van der Waals surface area (Å²) < 4.78 is 5.71. The monoisotopic (exact) mass is 549 g/mol. The highest BCUT2D eigenvalue weighted by atomic mass is 32.1. The number of hydrazine groups is 1. The van der Waals surface area contributed by atoms with Crippen molar-refractivity contribution in [3.63, 3.8) is 0 Å². The van der Waals surface area contributed by atoms with Gasteiger partial charge in [-0.25, -0.2) is 10.6 Å². The smallest absolute Gasteiger partial charge is 0.411 e. The molecule has 2 amide bonds. The Morgan fingerprint density at radius 3 is 2.44 bits per heavy atom. The van der Waals surface area contributed by atoms with Crippen LogP contribution in [0.25, 0.3) is 11.1 Å². The summed E-state index contributed by atoms with van der Waals surface area (Å²) in [6.45, 7) is 5.50. The van der Waals surface area contributed by atoms with Crippen LogP contribution in [0.15, 0.2) is 66.7 Å². The topological polar surface area (TPSA) is 117 Å². The number of nitrogens with two attached hydrogens (primary N) is 1. The fraction of sp³-hybridized carbons (Fsp3) is 0.345. The molecule has 2 heterocycles. The molecule has 2 aromatic carbocycles. The molecular weight excluding hydrogens is 514 g/mol. The van der Waals surface area contributed by atoms with Crippen LogP contribution in [0.3, 0.4) is 0 Å². The summed E-state index contributed by atoms with van der Waals surface area (Å²) in [5, 5.41) is 7.23. The SMILES string of the molecule is CCN(N)C(=O)c1ccc(C(=O)CNCCN2CCC(OC(=O)Nc3ccccc3-c3ccccc3)CC2)s1. The van der Waals surface area contributed by atoms with Crippen LogP contribution in [0.1, 0.15) is 39.1 Å². The summed E-state index contributed by atoms with van der Waals surface area (Å²) in [6, 6.07) is 20.9. The number of anilines is 1. The van der Waals surface area contributed by atoms with Crippen LogP contribution in [0.2, 0.25) is 0 Å². The highest BCUT2D eigenvalue weighted by Crippen LogP contribution is 2.28. The number of para-hydroxylation sites is 1. The standard InChI is InChI=1S/C29H35N5O4S/c1-2-34(30)28(36)27-13-12-26(39-27)25(35)20-31-16-19-33-17-14-22(15-18-33)38-29(37)32-24-11-7-6-10-23(24)21-8-4-3-5-9-21/h3-13,22,31H,2,14-20,30H2,1H3,(H,32,37). The number of likely N-dealkylation sites (tertiary alicyclic amines) is 1. The van der Waals surface area contributed by atoms with E-state index in [0.717, 1.165) is 54.3 Å². The Labute approximate surface area is 232 Å². The summed E-state index contributed by atoms with van der Waals surface area (Å²) in [5.74, 6) is 5.32. The maximum Gasteiger partial charge on any atom is 0.411 e.